The van der Waals surface area contributed by atoms with Crippen LogP contribution in [0.25, 0.3) is 0 Å². The molecule has 1 atom stereocenters. The van der Waals surface area contributed by atoms with Gasteiger partial charge in [0.05, 0.1) is 5.60 Å². The van der Waals surface area contributed by atoms with Crippen molar-refractivity contribution in [3.05, 3.63) is 59.7 Å². The van der Waals surface area contributed by atoms with Crippen LogP contribution in [0.4, 0.5) is 0 Å². The molecule has 5 heteroatoms. The van der Waals surface area contributed by atoms with Gasteiger partial charge in [0.2, 0.25) is 0 Å². The topological polar surface area (TPSA) is 9.23 Å². The van der Waals surface area contributed by atoms with Gasteiger partial charge in [0, 0.05) is 21.7 Å². The second kappa shape index (κ2) is 10.1. The maximum Gasteiger partial charge on any atom is 0.185 e. The largest absolute Gasteiger partial charge is 0.407 e. The summed E-state index contributed by atoms with van der Waals surface area (Å²) in [5, 5.41) is 0. The van der Waals surface area contributed by atoms with Crippen LogP contribution in [0.15, 0.2) is 48.1 Å². The number of halogens is 2. The van der Waals surface area contributed by atoms with Crippen LogP contribution >= 0.6 is 24.8 Å². The van der Waals surface area contributed by atoms with E-state index in [1.807, 2.05) is 0 Å². The van der Waals surface area contributed by atoms with Gasteiger partial charge in [-0.3, -0.25) is 6.08 Å². The van der Waals surface area contributed by atoms with E-state index in [1.54, 1.807) is 0 Å². The van der Waals surface area contributed by atoms with Crippen molar-refractivity contribution in [2.24, 2.45) is 0 Å². The Morgan fingerprint density at radius 1 is 1.14 bits per heavy atom. The Hall–Kier alpha value is 0.171. The predicted molar refractivity (Wildman–Crippen MR) is 97.9 cm³/mol. The molecule has 1 nitrogen and oxygen atoms in total. The van der Waals surface area contributed by atoms with Crippen molar-refractivity contribution in [1.29, 1.82) is 0 Å². The second-order valence-corrected chi connectivity index (χ2v) is 10.4. The van der Waals surface area contributed by atoms with E-state index in [-0.39, 0.29) is 52.1 Å². The Balaban J connectivity index is 0. The smallest absolute Gasteiger partial charge is 0.185 e. The van der Waals surface area contributed by atoms with E-state index in [2.05, 4.69) is 75.1 Å². The molecule has 0 heterocycles. The summed E-state index contributed by atoms with van der Waals surface area (Å²) in [6.45, 7) is 8.95. The summed E-state index contributed by atoms with van der Waals surface area (Å²) in [5.41, 5.74) is 2.12. The molecule has 1 aliphatic rings. The fourth-order valence-electron chi connectivity index (χ4n) is 2.65. The van der Waals surface area contributed by atoms with E-state index in [0.29, 0.717) is 0 Å². The average Bonchev–Trinajstić information content (AvgIpc) is 2.90. The summed E-state index contributed by atoms with van der Waals surface area (Å²) >= 11 is 0. The van der Waals surface area contributed by atoms with Gasteiger partial charge in [-0.05, 0) is 31.6 Å². The van der Waals surface area contributed by atoms with Gasteiger partial charge in [-0.1, -0.05) is 37.3 Å². The van der Waals surface area contributed by atoms with Crippen molar-refractivity contribution in [3.8, 4) is 0 Å². The first-order chi connectivity index (χ1) is 8.98. The number of allylic oxidation sites excluding steroid dienone is 2. The second-order valence-electron chi connectivity index (χ2n) is 5.96. The molecule has 0 aromatic heterocycles. The van der Waals surface area contributed by atoms with E-state index in [0.717, 1.165) is 12.8 Å². The van der Waals surface area contributed by atoms with Gasteiger partial charge in [0.15, 0.2) is 8.32 Å². The normalized spacial score (nSPS) is 15.7. The van der Waals surface area contributed by atoms with Gasteiger partial charge < -0.3 is 4.43 Å². The number of hydrogen-bond donors (Lipinski definition) is 0. The minimum Gasteiger partial charge on any atom is -0.407 e. The first-order valence-corrected chi connectivity index (χ1v) is 10.4. The van der Waals surface area contributed by atoms with Crippen molar-refractivity contribution < 1.29 is 26.1 Å². The Morgan fingerprint density at radius 2 is 1.73 bits per heavy atom. The molecule has 0 saturated carbocycles. The van der Waals surface area contributed by atoms with E-state index in [1.165, 1.54) is 11.1 Å². The number of hydrogen-bond acceptors (Lipinski definition) is 1. The molecule has 0 bridgehead atoms. The zero-order valence-electron chi connectivity index (χ0n) is 13.7. The van der Waals surface area contributed by atoms with Crippen molar-refractivity contribution in [2.75, 3.05) is 0 Å². The van der Waals surface area contributed by atoms with Gasteiger partial charge >= 0.3 is 0 Å². The Bertz CT molecular complexity index is 497. The zero-order valence-corrected chi connectivity index (χ0v) is 17.9. The molecule has 122 valence electrons. The molecule has 0 fully saturated rings. The maximum atomic E-state index is 6.63. The van der Waals surface area contributed by atoms with E-state index < -0.39 is 8.32 Å². The minimum atomic E-state index is -1.66. The summed E-state index contributed by atoms with van der Waals surface area (Å²) in [6, 6.07) is 10.6. The van der Waals surface area contributed by atoms with Crippen LogP contribution in [0.1, 0.15) is 25.3 Å². The molecule has 0 spiro atoms. The standard InChI is InChI=1S/C17H23OSi.2ClH.Ti/c1-5-17(18-19(2,3)4,16-13-9-10-14-16)15-11-7-6-8-12-15;;;/h6-9,11-13H,5,10H2,1-4H3;2*1H;/q-1;;;. The summed E-state index contributed by atoms with van der Waals surface area (Å²) in [4.78, 5) is 0. The molecule has 0 N–H and O–H groups in total. The van der Waals surface area contributed by atoms with E-state index in [4.69, 9.17) is 4.43 Å². The molecule has 1 aromatic carbocycles. The van der Waals surface area contributed by atoms with Crippen LogP contribution < -0.4 is 0 Å². The molecule has 0 radical (unpaired) electrons. The molecule has 0 aliphatic heterocycles. The first-order valence-electron chi connectivity index (χ1n) is 7.01. The number of benzene rings is 1. The first kappa shape index (κ1) is 24.4. The summed E-state index contributed by atoms with van der Waals surface area (Å²) in [6.07, 6.45) is 9.65. The van der Waals surface area contributed by atoms with Crippen LogP contribution in [-0.4, -0.2) is 8.32 Å². The zero-order chi connectivity index (χ0) is 13.9. The SMILES string of the molecule is CCC(O[Si](C)(C)C)(C1=[C-]CC=C1)c1ccccc1.Cl.Cl.[Ti]. The third-order valence-corrected chi connectivity index (χ3v) is 4.31. The van der Waals surface area contributed by atoms with Gasteiger partial charge in [-0.25, -0.2) is 6.08 Å². The fourth-order valence-corrected chi connectivity index (χ4v) is 4.07. The molecule has 22 heavy (non-hydrogen) atoms. The summed E-state index contributed by atoms with van der Waals surface area (Å²) < 4.78 is 6.63. The molecule has 2 rings (SSSR count). The van der Waals surface area contributed by atoms with Crippen LogP contribution in [0.3, 0.4) is 0 Å². The van der Waals surface area contributed by atoms with Crippen LogP contribution in [0, 0.1) is 6.08 Å². The van der Waals surface area contributed by atoms with Crippen LogP contribution in [-0.2, 0) is 31.7 Å². The minimum absolute atomic E-state index is 0. The molecule has 1 aromatic rings. The predicted octanol–water partition coefficient (Wildman–Crippen LogP) is 5.67. The average molecular weight is 392 g/mol. The summed E-state index contributed by atoms with van der Waals surface area (Å²) in [7, 11) is -1.66. The Labute approximate surface area is 163 Å². The van der Waals surface area contributed by atoms with Crippen molar-refractivity contribution in [3.63, 3.8) is 0 Å². The molecule has 0 amide bonds. The molecular formula is C17H25Cl2OSiTi-. The maximum absolute atomic E-state index is 6.63. The molecule has 1 aliphatic carbocycles. The third-order valence-electron chi connectivity index (χ3n) is 3.35. The van der Waals surface area contributed by atoms with Gasteiger partial charge in [-0.2, -0.15) is 11.6 Å². The van der Waals surface area contributed by atoms with Gasteiger partial charge in [0.25, 0.3) is 0 Å². The Morgan fingerprint density at radius 3 is 2.14 bits per heavy atom. The molecule has 0 saturated heterocycles. The van der Waals surface area contributed by atoms with Crippen molar-refractivity contribution >= 4 is 33.1 Å². The van der Waals surface area contributed by atoms with Crippen molar-refractivity contribution in [2.45, 2.75) is 45.0 Å². The van der Waals surface area contributed by atoms with Gasteiger partial charge in [0.1, 0.15) is 0 Å². The van der Waals surface area contributed by atoms with Crippen LogP contribution in [0.5, 0.6) is 0 Å². The summed E-state index contributed by atoms with van der Waals surface area (Å²) in [5.74, 6) is 0. The van der Waals surface area contributed by atoms with E-state index >= 15 is 0 Å². The third kappa shape index (κ3) is 5.67. The van der Waals surface area contributed by atoms with E-state index in [9.17, 15) is 0 Å². The van der Waals surface area contributed by atoms with Crippen molar-refractivity contribution in [1.82, 2.24) is 0 Å². The molecule has 1 unspecified atom stereocenters. The van der Waals surface area contributed by atoms with Crippen LogP contribution in [0.2, 0.25) is 19.6 Å². The fraction of sp³-hybridized carbons (Fsp3) is 0.412. The van der Waals surface area contributed by atoms with Gasteiger partial charge in [-0.15, -0.1) is 31.2 Å². The number of rotatable bonds is 5. The monoisotopic (exact) mass is 391 g/mol. The molecular weight excluding hydrogens is 367 g/mol. The quantitative estimate of drug-likeness (QED) is 0.463. The Kier molecular flexibility index (Phi) is 11.2.